The van der Waals surface area contributed by atoms with E-state index in [9.17, 15) is 4.79 Å². The fourth-order valence-corrected chi connectivity index (χ4v) is 2.50. The van der Waals surface area contributed by atoms with Crippen molar-refractivity contribution in [2.24, 2.45) is 0 Å². The maximum atomic E-state index is 12.0. The smallest absolute Gasteiger partial charge is 0.293 e. The summed E-state index contributed by atoms with van der Waals surface area (Å²) in [5.41, 5.74) is 8.69. The molecule has 0 unspecified atom stereocenters. The third-order valence-corrected chi connectivity index (χ3v) is 4.06. The summed E-state index contributed by atoms with van der Waals surface area (Å²) >= 11 is 0. The molecule has 1 saturated heterocycles. The molecule has 1 fully saturated rings. The van der Waals surface area contributed by atoms with E-state index in [1.165, 1.54) is 10.5 Å². The van der Waals surface area contributed by atoms with Crippen LogP contribution in [0.4, 0.5) is 0 Å². The normalized spacial score (nSPS) is 16.0. The van der Waals surface area contributed by atoms with Crippen molar-refractivity contribution in [2.45, 2.75) is 26.2 Å². The van der Waals surface area contributed by atoms with Gasteiger partial charge < -0.3 is 9.64 Å². The standard InChI is InChI=1S/C18H27N3O2/c1-14(15-5-7-16(8-6-15)18(2,3)4)19-20-17(22)13-21-9-11-23-12-10-21/h5-8,19H,1,9-13H2,2-4H3,(H,20,22)/p+1. The van der Waals surface area contributed by atoms with Gasteiger partial charge in [0, 0.05) is 0 Å². The molecule has 0 atom stereocenters. The summed E-state index contributed by atoms with van der Waals surface area (Å²) in [6.07, 6.45) is 0. The number of benzene rings is 1. The number of nitrogens with one attached hydrogen (secondary N) is 3. The van der Waals surface area contributed by atoms with Crippen molar-refractivity contribution >= 4 is 11.6 Å². The number of carbonyl (C=O) groups is 1. The average molecular weight is 318 g/mol. The maximum absolute atomic E-state index is 12.0. The first kappa shape index (κ1) is 17.5. The van der Waals surface area contributed by atoms with Gasteiger partial charge in [-0.1, -0.05) is 51.6 Å². The van der Waals surface area contributed by atoms with Crippen LogP contribution < -0.4 is 15.8 Å². The molecule has 0 spiro atoms. The number of carbonyl (C=O) groups excluding carboxylic acids is 1. The molecule has 1 amide bonds. The number of morpholine rings is 1. The molecule has 0 radical (unpaired) electrons. The van der Waals surface area contributed by atoms with E-state index in [0.717, 1.165) is 31.9 Å². The van der Waals surface area contributed by atoms with Crippen LogP contribution in [0.3, 0.4) is 0 Å². The van der Waals surface area contributed by atoms with Gasteiger partial charge in [-0.2, -0.15) is 0 Å². The minimum absolute atomic E-state index is 0.0330. The summed E-state index contributed by atoms with van der Waals surface area (Å²) in [7, 11) is 0. The molecule has 5 heteroatoms. The van der Waals surface area contributed by atoms with Gasteiger partial charge in [0.2, 0.25) is 0 Å². The highest BCUT2D eigenvalue weighted by molar-refractivity contribution is 5.78. The topological polar surface area (TPSA) is 54.8 Å². The number of hydrazine groups is 1. The van der Waals surface area contributed by atoms with E-state index in [0.29, 0.717) is 12.2 Å². The van der Waals surface area contributed by atoms with E-state index in [4.69, 9.17) is 4.74 Å². The van der Waals surface area contributed by atoms with Crippen LogP contribution in [0.1, 0.15) is 31.9 Å². The molecular formula is C18H28N3O2+. The summed E-state index contributed by atoms with van der Waals surface area (Å²) in [5.74, 6) is -0.0330. The number of ether oxygens (including phenoxy) is 1. The van der Waals surface area contributed by atoms with Crippen molar-refractivity contribution in [3.05, 3.63) is 42.0 Å². The third-order valence-electron chi connectivity index (χ3n) is 4.06. The van der Waals surface area contributed by atoms with Gasteiger partial charge in [0.25, 0.3) is 5.91 Å². The molecule has 0 saturated carbocycles. The molecule has 0 bridgehead atoms. The Kier molecular flexibility index (Phi) is 5.80. The van der Waals surface area contributed by atoms with E-state index in [1.54, 1.807) is 0 Å². The number of hydrogen-bond acceptors (Lipinski definition) is 3. The molecule has 1 aliphatic heterocycles. The minimum Gasteiger partial charge on any atom is -0.370 e. The van der Waals surface area contributed by atoms with Crippen LogP contribution >= 0.6 is 0 Å². The summed E-state index contributed by atoms with van der Waals surface area (Å²) in [6, 6.07) is 8.24. The molecule has 23 heavy (non-hydrogen) atoms. The molecule has 5 nitrogen and oxygen atoms in total. The first-order valence-electron chi connectivity index (χ1n) is 8.12. The average Bonchev–Trinajstić information content (AvgIpc) is 2.53. The van der Waals surface area contributed by atoms with Crippen molar-refractivity contribution in [3.8, 4) is 0 Å². The van der Waals surface area contributed by atoms with Crippen LogP contribution in [0, 0.1) is 0 Å². The number of hydrogen-bond donors (Lipinski definition) is 3. The van der Waals surface area contributed by atoms with E-state index in [-0.39, 0.29) is 11.3 Å². The number of rotatable bonds is 5. The molecule has 0 aromatic heterocycles. The van der Waals surface area contributed by atoms with E-state index in [2.05, 4.69) is 50.3 Å². The van der Waals surface area contributed by atoms with Gasteiger partial charge in [-0.15, -0.1) is 0 Å². The Balaban J connectivity index is 1.81. The van der Waals surface area contributed by atoms with E-state index < -0.39 is 0 Å². The second-order valence-corrected chi connectivity index (χ2v) is 7.02. The highest BCUT2D eigenvalue weighted by atomic mass is 16.5. The van der Waals surface area contributed by atoms with Crippen LogP contribution in [-0.2, 0) is 14.9 Å². The fraction of sp³-hybridized carbons (Fsp3) is 0.500. The highest BCUT2D eigenvalue weighted by Crippen LogP contribution is 2.23. The molecule has 2 rings (SSSR count). The van der Waals surface area contributed by atoms with Crippen molar-refractivity contribution < 1.29 is 14.4 Å². The first-order valence-corrected chi connectivity index (χ1v) is 8.12. The van der Waals surface area contributed by atoms with Crippen LogP contribution in [-0.4, -0.2) is 38.8 Å². The number of amides is 1. The van der Waals surface area contributed by atoms with E-state index >= 15 is 0 Å². The zero-order valence-corrected chi connectivity index (χ0v) is 14.4. The predicted octanol–water partition coefficient (Wildman–Crippen LogP) is 0.491. The minimum atomic E-state index is -0.0330. The second kappa shape index (κ2) is 7.62. The molecule has 1 heterocycles. The lowest BCUT2D eigenvalue weighted by atomic mass is 9.86. The Morgan fingerprint density at radius 3 is 2.35 bits per heavy atom. The molecule has 1 aliphatic rings. The fourth-order valence-electron chi connectivity index (χ4n) is 2.50. The summed E-state index contributed by atoms with van der Waals surface area (Å²) in [6.45, 7) is 14.2. The van der Waals surface area contributed by atoms with E-state index in [1.807, 2.05) is 12.1 Å². The van der Waals surface area contributed by atoms with Crippen LogP contribution in [0.25, 0.3) is 5.70 Å². The maximum Gasteiger partial charge on any atom is 0.293 e. The van der Waals surface area contributed by atoms with Crippen molar-refractivity contribution in [1.29, 1.82) is 0 Å². The zero-order chi connectivity index (χ0) is 16.9. The van der Waals surface area contributed by atoms with Gasteiger partial charge in [0.1, 0.15) is 13.1 Å². The second-order valence-electron chi connectivity index (χ2n) is 7.02. The SMILES string of the molecule is C=C(NNC(=O)C[NH+]1CCOCC1)c1ccc(C(C)(C)C)cc1. The van der Waals surface area contributed by atoms with Gasteiger partial charge in [0.05, 0.1) is 18.9 Å². The van der Waals surface area contributed by atoms with Gasteiger partial charge in [-0.05, 0) is 16.5 Å². The van der Waals surface area contributed by atoms with Crippen molar-refractivity contribution in [1.82, 2.24) is 10.9 Å². The lowest BCUT2D eigenvalue weighted by Gasteiger charge is -2.23. The summed E-state index contributed by atoms with van der Waals surface area (Å²) in [4.78, 5) is 13.2. The van der Waals surface area contributed by atoms with Crippen molar-refractivity contribution in [3.63, 3.8) is 0 Å². The zero-order valence-electron chi connectivity index (χ0n) is 14.4. The number of quaternary nitrogens is 1. The van der Waals surface area contributed by atoms with Gasteiger partial charge in [-0.25, -0.2) is 0 Å². The Labute approximate surface area is 138 Å². The molecule has 1 aromatic carbocycles. The quantitative estimate of drug-likeness (QED) is 0.693. The molecule has 1 aromatic rings. The summed E-state index contributed by atoms with van der Waals surface area (Å²) < 4.78 is 5.29. The van der Waals surface area contributed by atoms with Crippen LogP contribution in [0.5, 0.6) is 0 Å². The predicted molar refractivity (Wildman–Crippen MR) is 91.8 cm³/mol. The molecule has 0 aliphatic carbocycles. The third kappa shape index (κ3) is 5.37. The van der Waals surface area contributed by atoms with Crippen LogP contribution in [0.2, 0.25) is 0 Å². The first-order chi connectivity index (χ1) is 10.9. The monoisotopic (exact) mass is 318 g/mol. The Morgan fingerprint density at radius 2 is 1.78 bits per heavy atom. The van der Waals surface area contributed by atoms with Crippen LogP contribution in [0.15, 0.2) is 30.8 Å². The van der Waals surface area contributed by atoms with Gasteiger partial charge in [0.15, 0.2) is 6.54 Å². The van der Waals surface area contributed by atoms with Gasteiger partial charge >= 0.3 is 0 Å². The largest absolute Gasteiger partial charge is 0.370 e. The molecule has 126 valence electrons. The molecule has 3 N–H and O–H groups in total. The van der Waals surface area contributed by atoms with Crippen molar-refractivity contribution in [2.75, 3.05) is 32.8 Å². The molecular weight excluding hydrogens is 290 g/mol. The Bertz CT molecular complexity index is 540. The lowest BCUT2D eigenvalue weighted by molar-refractivity contribution is -0.900. The Morgan fingerprint density at radius 1 is 1.17 bits per heavy atom. The lowest BCUT2D eigenvalue weighted by Crippen LogP contribution is -3.15. The van der Waals surface area contributed by atoms with Gasteiger partial charge in [-0.3, -0.25) is 15.6 Å². The Hall–Kier alpha value is -1.85. The highest BCUT2D eigenvalue weighted by Gasteiger charge is 2.17. The summed E-state index contributed by atoms with van der Waals surface area (Å²) in [5, 5.41) is 0.